The SMILES string of the molecule is Cc1nc2ccccc2n1CCCNC(=O)c1ccc2c(c1)NC(=O)CS2. The molecule has 0 fully saturated rings. The van der Waals surface area contributed by atoms with E-state index < -0.39 is 0 Å². The third kappa shape index (κ3) is 3.68. The van der Waals surface area contributed by atoms with Crippen LogP contribution >= 0.6 is 11.8 Å². The lowest BCUT2D eigenvalue weighted by Gasteiger charge is -2.17. The van der Waals surface area contributed by atoms with Gasteiger partial charge in [-0.25, -0.2) is 4.98 Å². The molecule has 1 aromatic heterocycles. The van der Waals surface area contributed by atoms with Crippen molar-refractivity contribution in [3.63, 3.8) is 0 Å². The predicted molar refractivity (Wildman–Crippen MR) is 107 cm³/mol. The number of rotatable bonds is 5. The molecule has 0 saturated carbocycles. The monoisotopic (exact) mass is 380 g/mol. The highest BCUT2D eigenvalue weighted by Gasteiger charge is 2.17. The summed E-state index contributed by atoms with van der Waals surface area (Å²) >= 11 is 1.49. The van der Waals surface area contributed by atoms with E-state index in [9.17, 15) is 9.59 Å². The Balaban J connectivity index is 1.35. The molecular formula is C20H20N4O2S. The maximum absolute atomic E-state index is 12.4. The van der Waals surface area contributed by atoms with Crippen molar-refractivity contribution in [3.8, 4) is 0 Å². The van der Waals surface area contributed by atoms with Crippen LogP contribution in [0.5, 0.6) is 0 Å². The van der Waals surface area contributed by atoms with E-state index in [0.717, 1.165) is 34.7 Å². The van der Waals surface area contributed by atoms with E-state index in [2.05, 4.69) is 26.3 Å². The van der Waals surface area contributed by atoms with Gasteiger partial charge in [-0.05, 0) is 43.7 Å². The topological polar surface area (TPSA) is 76.0 Å². The number of anilines is 1. The largest absolute Gasteiger partial charge is 0.352 e. The van der Waals surface area contributed by atoms with Crippen molar-refractivity contribution in [2.45, 2.75) is 24.8 Å². The summed E-state index contributed by atoms with van der Waals surface area (Å²) in [5, 5.41) is 5.77. The summed E-state index contributed by atoms with van der Waals surface area (Å²) in [5.74, 6) is 1.23. The van der Waals surface area contributed by atoms with E-state index in [1.807, 2.05) is 31.2 Å². The summed E-state index contributed by atoms with van der Waals surface area (Å²) < 4.78 is 2.17. The third-order valence-electron chi connectivity index (χ3n) is 4.56. The Morgan fingerprint density at radius 1 is 1.30 bits per heavy atom. The number of carbonyl (C=O) groups is 2. The number of amides is 2. The summed E-state index contributed by atoms with van der Waals surface area (Å²) in [5.41, 5.74) is 3.38. The fourth-order valence-corrected chi connectivity index (χ4v) is 4.03. The number of fused-ring (bicyclic) bond motifs is 2. The van der Waals surface area contributed by atoms with Crippen molar-refractivity contribution in [1.29, 1.82) is 0 Å². The first-order chi connectivity index (χ1) is 13.1. The molecule has 2 aromatic carbocycles. The zero-order chi connectivity index (χ0) is 18.8. The van der Waals surface area contributed by atoms with Crippen molar-refractivity contribution in [2.75, 3.05) is 17.6 Å². The van der Waals surface area contributed by atoms with Crippen LogP contribution in [0.4, 0.5) is 5.69 Å². The quantitative estimate of drug-likeness (QED) is 0.667. The molecule has 7 heteroatoms. The van der Waals surface area contributed by atoms with Crippen molar-refractivity contribution < 1.29 is 9.59 Å². The first-order valence-corrected chi connectivity index (χ1v) is 9.87. The van der Waals surface area contributed by atoms with E-state index in [1.165, 1.54) is 11.8 Å². The predicted octanol–water partition coefficient (Wildman–Crippen LogP) is 3.21. The first-order valence-electron chi connectivity index (χ1n) is 8.88. The van der Waals surface area contributed by atoms with Crippen LogP contribution in [0.2, 0.25) is 0 Å². The minimum absolute atomic E-state index is 0.0343. The molecule has 138 valence electrons. The fraction of sp³-hybridized carbons (Fsp3) is 0.250. The number of carbonyl (C=O) groups excluding carboxylic acids is 2. The number of thioether (sulfide) groups is 1. The molecule has 0 saturated heterocycles. The van der Waals surface area contributed by atoms with Gasteiger partial charge in [-0.1, -0.05) is 12.1 Å². The molecule has 2 amide bonds. The minimum atomic E-state index is -0.130. The number of aromatic nitrogens is 2. The van der Waals surface area contributed by atoms with Gasteiger partial charge in [0.05, 0.1) is 22.5 Å². The maximum Gasteiger partial charge on any atom is 0.251 e. The molecule has 0 aliphatic carbocycles. The molecule has 2 heterocycles. The Morgan fingerprint density at radius 2 is 2.15 bits per heavy atom. The van der Waals surface area contributed by atoms with Gasteiger partial charge in [0.15, 0.2) is 0 Å². The smallest absolute Gasteiger partial charge is 0.251 e. The standard InChI is InChI=1S/C20H20N4O2S/c1-13-22-15-5-2-3-6-17(15)24(13)10-4-9-21-20(26)14-7-8-18-16(11-14)23-19(25)12-27-18/h2-3,5-8,11H,4,9-10,12H2,1H3,(H,21,26)(H,23,25). The van der Waals surface area contributed by atoms with Crippen molar-refractivity contribution in [2.24, 2.45) is 0 Å². The molecule has 6 nitrogen and oxygen atoms in total. The third-order valence-corrected chi connectivity index (χ3v) is 5.64. The number of para-hydroxylation sites is 2. The van der Waals surface area contributed by atoms with E-state index in [4.69, 9.17) is 0 Å². The van der Waals surface area contributed by atoms with Crippen LogP contribution in [0, 0.1) is 6.92 Å². The van der Waals surface area contributed by atoms with Gasteiger partial charge in [0.1, 0.15) is 5.82 Å². The number of hydrogen-bond acceptors (Lipinski definition) is 4. The van der Waals surface area contributed by atoms with Crippen molar-refractivity contribution >= 4 is 40.3 Å². The number of aryl methyl sites for hydroxylation is 2. The second kappa shape index (κ2) is 7.44. The summed E-state index contributed by atoms with van der Waals surface area (Å²) in [6.45, 7) is 3.37. The number of nitrogens with one attached hydrogen (secondary N) is 2. The Morgan fingerprint density at radius 3 is 3.04 bits per heavy atom. The molecule has 0 radical (unpaired) electrons. The molecule has 0 spiro atoms. The van der Waals surface area contributed by atoms with E-state index in [1.54, 1.807) is 12.1 Å². The van der Waals surface area contributed by atoms with Gasteiger partial charge in [0.2, 0.25) is 5.91 Å². The lowest BCUT2D eigenvalue weighted by atomic mass is 10.2. The Kier molecular flexibility index (Phi) is 4.85. The van der Waals surface area contributed by atoms with Crippen LogP contribution in [0.3, 0.4) is 0 Å². The number of nitrogens with zero attached hydrogens (tertiary/aromatic N) is 2. The average molecular weight is 380 g/mol. The van der Waals surface area contributed by atoms with Crippen LogP contribution in [0.15, 0.2) is 47.4 Å². The Labute approximate surface area is 161 Å². The summed E-state index contributed by atoms with van der Waals surface area (Å²) in [4.78, 5) is 29.5. The van der Waals surface area contributed by atoms with Gasteiger partial charge in [-0.2, -0.15) is 0 Å². The summed E-state index contributed by atoms with van der Waals surface area (Å²) in [7, 11) is 0. The van der Waals surface area contributed by atoms with E-state index >= 15 is 0 Å². The summed E-state index contributed by atoms with van der Waals surface area (Å²) in [6.07, 6.45) is 0.810. The lowest BCUT2D eigenvalue weighted by Crippen LogP contribution is -2.26. The number of benzene rings is 2. The normalized spacial score (nSPS) is 13.3. The van der Waals surface area contributed by atoms with E-state index in [0.29, 0.717) is 23.5 Å². The Hall–Kier alpha value is -2.80. The van der Waals surface area contributed by atoms with Gasteiger partial charge < -0.3 is 15.2 Å². The minimum Gasteiger partial charge on any atom is -0.352 e. The Bertz CT molecular complexity index is 1030. The zero-order valence-electron chi connectivity index (χ0n) is 15.0. The molecule has 27 heavy (non-hydrogen) atoms. The molecule has 1 aliphatic rings. The molecule has 3 aromatic rings. The van der Waals surface area contributed by atoms with Gasteiger partial charge >= 0.3 is 0 Å². The highest BCUT2D eigenvalue weighted by molar-refractivity contribution is 8.00. The number of imidazole rings is 1. The highest BCUT2D eigenvalue weighted by Crippen LogP contribution is 2.31. The van der Waals surface area contributed by atoms with Gasteiger partial charge in [0.25, 0.3) is 5.91 Å². The van der Waals surface area contributed by atoms with Crippen LogP contribution in [0.25, 0.3) is 11.0 Å². The second-order valence-electron chi connectivity index (χ2n) is 6.46. The average Bonchev–Trinajstić information content (AvgIpc) is 2.99. The lowest BCUT2D eigenvalue weighted by molar-refractivity contribution is -0.113. The zero-order valence-corrected chi connectivity index (χ0v) is 15.8. The molecule has 0 unspecified atom stereocenters. The van der Waals surface area contributed by atoms with Crippen molar-refractivity contribution in [1.82, 2.24) is 14.9 Å². The first kappa shape index (κ1) is 17.6. The fourth-order valence-electron chi connectivity index (χ4n) is 3.24. The van der Waals surface area contributed by atoms with Gasteiger partial charge in [-0.15, -0.1) is 11.8 Å². The molecule has 2 N–H and O–H groups in total. The summed E-state index contributed by atoms with van der Waals surface area (Å²) in [6, 6.07) is 13.5. The molecule has 0 bridgehead atoms. The van der Waals surface area contributed by atoms with Crippen LogP contribution in [-0.2, 0) is 11.3 Å². The number of hydrogen-bond donors (Lipinski definition) is 2. The highest BCUT2D eigenvalue weighted by atomic mass is 32.2. The molecule has 1 aliphatic heterocycles. The van der Waals surface area contributed by atoms with Gasteiger partial charge in [0, 0.05) is 23.5 Å². The van der Waals surface area contributed by atoms with Gasteiger partial charge in [-0.3, -0.25) is 9.59 Å². The van der Waals surface area contributed by atoms with E-state index in [-0.39, 0.29) is 11.8 Å². The van der Waals surface area contributed by atoms with Crippen LogP contribution in [-0.4, -0.2) is 33.7 Å². The molecular weight excluding hydrogens is 360 g/mol. The second-order valence-corrected chi connectivity index (χ2v) is 7.47. The van der Waals surface area contributed by atoms with Crippen LogP contribution in [0.1, 0.15) is 22.6 Å². The molecule has 4 rings (SSSR count). The maximum atomic E-state index is 12.4. The van der Waals surface area contributed by atoms with Crippen molar-refractivity contribution in [3.05, 3.63) is 53.9 Å². The molecule has 0 atom stereocenters. The van der Waals surface area contributed by atoms with Crippen LogP contribution < -0.4 is 10.6 Å².